The van der Waals surface area contributed by atoms with Crippen molar-refractivity contribution in [2.75, 3.05) is 20.5 Å². The normalized spacial score (nSPS) is 23.2. The summed E-state index contributed by atoms with van der Waals surface area (Å²) < 4.78 is 24.0. The summed E-state index contributed by atoms with van der Waals surface area (Å²) in [5.74, 6) is -0.460. The van der Waals surface area contributed by atoms with Crippen molar-refractivity contribution < 1.29 is 23.4 Å². The summed E-state index contributed by atoms with van der Waals surface area (Å²) in [5.41, 5.74) is 0. The zero-order valence-electron chi connectivity index (χ0n) is 21.6. The summed E-state index contributed by atoms with van der Waals surface area (Å²) in [6.07, 6.45) is -0.328. The van der Waals surface area contributed by atoms with Gasteiger partial charge in [0, 0.05) is 18.4 Å². The second-order valence-corrected chi connectivity index (χ2v) is 14.8. The predicted molar refractivity (Wildman–Crippen MR) is 138 cm³/mol. The van der Waals surface area contributed by atoms with Gasteiger partial charge in [-0.3, -0.25) is 4.79 Å². The van der Waals surface area contributed by atoms with E-state index in [2.05, 4.69) is 95.3 Å². The quantitative estimate of drug-likeness (QED) is 0.411. The first kappa shape index (κ1) is 26.6. The molecule has 0 amide bonds. The molecule has 0 radical (unpaired) electrons. The van der Waals surface area contributed by atoms with Crippen molar-refractivity contribution in [3.8, 4) is 0 Å². The van der Waals surface area contributed by atoms with Gasteiger partial charge in [0.2, 0.25) is 0 Å². The highest BCUT2D eigenvalue weighted by Gasteiger charge is 2.51. The molecule has 1 fully saturated rings. The first-order valence-electron chi connectivity index (χ1n) is 12.2. The molecule has 34 heavy (non-hydrogen) atoms. The SMILES string of the molecule is COC(=O)[C@@H](C)[C@H]1OCO[C@H]([C@@H](C)CO[Si](c2ccccc2)(c2ccccc2)C(C)(C)C)[C@H]1C. The molecule has 0 aliphatic carbocycles. The molecular formula is C28H40O5Si. The molecule has 186 valence electrons. The predicted octanol–water partition coefficient (Wildman–Crippen LogP) is 4.39. The summed E-state index contributed by atoms with van der Waals surface area (Å²) in [6, 6.07) is 21.3. The van der Waals surface area contributed by atoms with Gasteiger partial charge in [-0.05, 0) is 22.3 Å². The molecular weight excluding hydrogens is 444 g/mol. The number of hydrogen-bond donors (Lipinski definition) is 0. The Morgan fingerprint density at radius 1 is 0.971 bits per heavy atom. The van der Waals surface area contributed by atoms with Crippen LogP contribution in [-0.4, -0.2) is 47.0 Å². The van der Waals surface area contributed by atoms with Gasteiger partial charge in [0.25, 0.3) is 8.32 Å². The highest BCUT2D eigenvalue weighted by atomic mass is 28.4. The van der Waals surface area contributed by atoms with Gasteiger partial charge in [-0.1, -0.05) is 95.3 Å². The van der Waals surface area contributed by atoms with Crippen LogP contribution in [0, 0.1) is 17.8 Å². The van der Waals surface area contributed by atoms with Gasteiger partial charge in [0.05, 0.1) is 25.2 Å². The fourth-order valence-corrected chi connectivity index (χ4v) is 10.1. The molecule has 2 aromatic rings. The minimum absolute atomic E-state index is 0.0283. The third-order valence-electron chi connectivity index (χ3n) is 7.16. The van der Waals surface area contributed by atoms with E-state index in [1.165, 1.54) is 17.5 Å². The largest absolute Gasteiger partial charge is 0.469 e. The van der Waals surface area contributed by atoms with Crippen molar-refractivity contribution in [1.82, 2.24) is 0 Å². The molecule has 0 unspecified atom stereocenters. The minimum Gasteiger partial charge on any atom is -0.469 e. The monoisotopic (exact) mass is 484 g/mol. The molecule has 2 aromatic carbocycles. The van der Waals surface area contributed by atoms with Crippen LogP contribution < -0.4 is 10.4 Å². The van der Waals surface area contributed by atoms with Crippen LogP contribution in [0.5, 0.6) is 0 Å². The van der Waals surface area contributed by atoms with Crippen LogP contribution in [0.25, 0.3) is 0 Å². The third-order valence-corrected chi connectivity index (χ3v) is 12.2. The lowest BCUT2D eigenvalue weighted by Gasteiger charge is -2.45. The summed E-state index contributed by atoms with van der Waals surface area (Å²) >= 11 is 0. The lowest BCUT2D eigenvalue weighted by atomic mass is 9.83. The van der Waals surface area contributed by atoms with Gasteiger partial charge in [-0.25, -0.2) is 0 Å². The molecule has 0 bridgehead atoms. The Morgan fingerprint density at radius 3 is 1.94 bits per heavy atom. The fraction of sp³-hybridized carbons (Fsp3) is 0.536. The standard InChI is InChI=1S/C28H40O5Si/c1-20(25-21(2)26(32-19-31-25)22(3)27(29)30-7)18-33-34(28(4,5)6,23-14-10-8-11-15-23)24-16-12-9-13-17-24/h8-17,20-22,25-26H,18-19H2,1-7H3/t20-,21+,22-,25+,26-/m0/s1. The molecule has 5 nitrogen and oxygen atoms in total. The van der Waals surface area contributed by atoms with Crippen molar-refractivity contribution in [2.45, 2.75) is 58.8 Å². The van der Waals surface area contributed by atoms with E-state index in [0.717, 1.165) is 0 Å². The number of benzene rings is 2. The Balaban J connectivity index is 1.89. The van der Waals surface area contributed by atoms with Gasteiger partial charge in [0.1, 0.15) is 6.79 Å². The number of methoxy groups -OCH3 is 1. The molecule has 0 aromatic heterocycles. The van der Waals surface area contributed by atoms with Crippen LogP contribution in [0.2, 0.25) is 5.04 Å². The minimum atomic E-state index is -2.62. The number of carbonyl (C=O) groups is 1. The fourth-order valence-electron chi connectivity index (χ4n) is 5.40. The van der Waals surface area contributed by atoms with Gasteiger partial charge < -0.3 is 18.6 Å². The molecule has 1 aliphatic rings. The number of esters is 1. The summed E-state index contributed by atoms with van der Waals surface area (Å²) in [7, 11) is -1.20. The van der Waals surface area contributed by atoms with Crippen LogP contribution in [-0.2, 0) is 23.4 Å². The Bertz CT molecular complexity index is 872. The molecule has 1 saturated heterocycles. The average molecular weight is 485 g/mol. The highest BCUT2D eigenvalue weighted by molar-refractivity contribution is 6.99. The van der Waals surface area contributed by atoms with E-state index in [1.54, 1.807) is 0 Å². The molecule has 1 heterocycles. The molecule has 5 atom stereocenters. The van der Waals surface area contributed by atoms with Crippen molar-refractivity contribution >= 4 is 24.7 Å². The van der Waals surface area contributed by atoms with Crippen LogP contribution in [0.15, 0.2) is 60.7 Å². The maximum atomic E-state index is 12.2. The second-order valence-electron chi connectivity index (χ2n) is 10.5. The summed E-state index contributed by atoms with van der Waals surface area (Å²) in [4.78, 5) is 12.2. The van der Waals surface area contributed by atoms with Gasteiger partial charge in [-0.2, -0.15) is 0 Å². The summed E-state index contributed by atoms with van der Waals surface area (Å²) in [6.45, 7) is 13.7. The number of carbonyl (C=O) groups excluding carboxylic acids is 1. The van der Waals surface area contributed by atoms with Crippen LogP contribution in [0.1, 0.15) is 41.5 Å². The molecule has 1 aliphatic heterocycles. The van der Waals surface area contributed by atoms with Crippen molar-refractivity contribution in [1.29, 1.82) is 0 Å². The van der Waals surface area contributed by atoms with Gasteiger partial charge in [-0.15, -0.1) is 0 Å². The van der Waals surface area contributed by atoms with E-state index >= 15 is 0 Å². The van der Waals surface area contributed by atoms with E-state index in [1.807, 2.05) is 6.92 Å². The van der Waals surface area contributed by atoms with E-state index in [-0.39, 0.29) is 47.8 Å². The Morgan fingerprint density at radius 2 is 1.47 bits per heavy atom. The zero-order chi connectivity index (χ0) is 24.9. The smallest absolute Gasteiger partial charge is 0.311 e. The van der Waals surface area contributed by atoms with E-state index in [4.69, 9.17) is 18.6 Å². The lowest BCUT2D eigenvalue weighted by molar-refractivity contribution is -0.231. The maximum absolute atomic E-state index is 12.2. The molecule has 0 spiro atoms. The first-order chi connectivity index (χ1) is 16.1. The average Bonchev–Trinajstić information content (AvgIpc) is 2.84. The Hall–Kier alpha value is -1.99. The zero-order valence-corrected chi connectivity index (χ0v) is 22.6. The van der Waals surface area contributed by atoms with Crippen molar-refractivity contribution in [3.05, 3.63) is 60.7 Å². The lowest BCUT2D eigenvalue weighted by Crippen LogP contribution is -2.67. The van der Waals surface area contributed by atoms with E-state index in [0.29, 0.717) is 6.61 Å². The summed E-state index contributed by atoms with van der Waals surface area (Å²) in [5, 5.41) is 2.44. The number of rotatable bonds is 8. The molecule has 3 rings (SSSR count). The third kappa shape index (κ3) is 5.30. The second kappa shape index (κ2) is 11.2. The van der Waals surface area contributed by atoms with Crippen molar-refractivity contribution in [3.63, 3.8) is 0 Å². The maximum Gasteiger partial charge on any atom is 0.311 e. The van der Waals surface area contributed by atoms with Crippen LogP contribution >= 0.6 is 0 Å². The molecule has 0 saturated carbocycles. The number of hydrogen-bond acceptors (Lipinski definition) is 5. The van der Waals surface area contributed by atoms with Gasteiger partial charge in [0.15, 0.2) is 0 Å². The molecule has 6 heteroatoms. The number of ether oxygens (including phenoxy) is 3. The topological polar surface area (TPSA) is 54.0 Å². The van der Waals surface area contributed by atoms with Crippen LogP contribution in [0.3, 0.4) is 0 Å². The van der Waals surface area contributed by atoms with E-state index in [9.17, 15) is 4.79 Å². The van der Waals surface area contributed by atoms with Gasteiger partial charge >= 0.3 is 5.97 Å². The van der Waals surface area contributed by atoms with E-state index < -0.39 is 8.32 Å². The molecule has 0 N–H and O–H groups in total. The Kier molecular flexibility index (Phi) is 8.74. The first-order valence-corrected chi connectivity index (χ1v) is 14.1. The Labute approximate surface area is 205 Å². The van der Waals surface area contributed by atoms with Crippen LogP contribution in [0.4, 0.5) is 0 Å². The highest BCUT2D eigenvalue weighted by Crippen LogP contribution is 2.38. The van der Waals surface area contributed by atoms with Crippen molar-refractivity contribution in [2.24, 2.45) is 17.8 Å².